The van der Waals surface area contributed by atoms with Crippen LogP contribution >= 0.6 is 0 Å². The highest BCUT2D eigenvalue weighted by Gasteiger charge is 2.42. The molecule has 0 bridgehead atoms. The lowest BCUT2D eigenvalue weighted by molar-refractivity contribution is -0.139. The number of aliphatic hydroxyl groups is 1. The van der Waals surface area contributed by atoms with E-state index in [1.54, 1.807) is 13.4 Å². The molecule has 1 N–H and O–H groups in total. The van der Waals surface area contributed by atoms with Crippen molar-refractivity contribution in [1.82, 2.24) is 14.5 Å². The van der Waals surface area contributed by atoms with Crippen LogP contribution in [0.1, 0.15) is 48.5 Å². The van der Waals surface area contributed by atoms with Crippen molar-refractivity contribution < 1.29 is 14.6 Å². The van der Waals surface area contributed by atoms with Crippen molar-refractivity contribution in [3.8, 4) is 11.4 Å². The van der Waals surface area contributed by atoms with Gasteiger partial charge in [0.05, 0.1) is 37.0 Å². The van der Waals surface area contributed by atoms with E-state index in [0.29, 0.717) is 19.3 Å². The van der Waals surface area contributed by atoms with E-state index < -0.39 is 0 Å². The number of imidazole rings is 1. The Morgan fingerprint density at radius 2 is 1.97 bits per heavy atom. The molecule has 3 atom stereocenters. The number of hydrogen-bond donors (Lipinski definition) is 1. The monoisotopic (exact) mass is 443 g/mol. The molecule has 2 aliphatic heterocycles. The van der Waals surface area contributed by atoms with Crippen LogP contribution in [-0.4, -0.2) is 44.7 Å². The van der Waals surface area contributed by atoms with E-state index in [0.717, 1.165) is 40.3 Å². The minimum atomic E-state index is -0.376. The van der Waals surface area contributed by atoms with E-state index in [9.17, 15) is 9.90 Å². The average Bonchev–Trinajstić information content (AvgIpc) is 3.26. The van der Waals surface area contributed by atoms with E-state index in [4.69, 9.17) is 4.74 Å². The normalized spacial score (nSPS) is 24.1. The van der Waals surface area contributed by atoms with Crippen molar-refractivity contribution in [2.24, 2.45) is 0 Å². The number of carbonyl (C=O) groups is 1. The van der Waals surface area contributed by atoms with Gasteiger partial charge >= 0.3 is 0 Å². The molecule has 0 aliphatic carbocycles. The van der Waals surface area contributed by atoms with Crippen LogP contribution in [-0.2, 0) is 4.79 Å². The van der Waals surface area contributed by atoms with Crippen LogP contribution in [0.3, 0.4) is 0 Å². The summed E-state index contributed by atoms with van der Waals surface area (Å²) in [6.07, 6.45) is 8.12. The lowest BCUT2D eigenvalue weighted by atomic mass is 9.82. The fraction of sp³-hybridized carbons (Fsp3) is 0.333. The average molecular weight is 444 g/mol. The summed E-state index contributed by atoms with van der Waals surface area (Å²) in [6, 6.07) is 16.0. The standard InChI is InChI=1S/C27H29N3O3/c1-18-16-29(17-28-18)24-11-8-19(13-26(24)33-2)12-21-9-10-22-14-23(31)15-25(30(22)27(21)32)20-6-4-3-5-7-20/h3-8,11-13,16-17,22-23,25,31H,9-10,14-15H2,1-2H3/t22-,23+,25-/m0/s1. The molecule has 3 aromatic rings. The van der Waals surface area contributed by atoms with Crippen LogP contribution in [0.15, 0.2) is 66.6 Å². The van der Waals surface area contributed by atoms with Gasteiger partial charge in [0.1, 0.15) is 5.75 Å². The van der Waals surface area contributed by atoms with Crippen LogP contribution in [0.5, 0.6) is 5.75 Å². The first-order valence-electron chi connectivity index (χ1n) is 11.5. The first kappa shape index (κ1) is 21.5. The van der Waals surface area contributed by atoms with Crippen LogP contribution in [0, 0.1) is 6.92 Å². The number of nitrogens with zero attached hydrogens (tertiary/aromatic N) is 3. The third-order valence-electron chi connectivity index (χ3n) is 6.74. The van der Waals surface area contributed by atoms with Gasteiger partial charge in [-0.3, -0.25) is 4.79 Å². The van der Waals surface area contributed by atoms with Crippen LogP contribution < -0.4 is 4.74 Å². The molecule has 2 aliphatic rings. The highest BCUT2D eigenvalue weighted by molar-refractivity contribution is 5.99. The molecule has 6 heteroatoms. The maximum atomic E-state index is 13.6. The molecular formula is C27H29N3O3. The number of aryl methyl sites for hydroxylation is 1. The van der Waals surface area contributed by atoms with Gasteiger partial charge < -0.3 is 19.3 Å². The van der Waals surface area contributed by atoms with Crippen LogP contribution in [0.4, 0.5) is 0 Å². The van der Waals surface area contributed by atoms with E-state index in [1.807, 2.05) is 77.2 Å². The maximum Gasteiger partial charge on any atom is 0.250 e. The van der Waals surface area contributed by atoms with Gasteiger partial charge in [0, 0.05) is 17.8 Å². The zero-order valence-corrected chi connectivity index (χ0v) is 19.0. The molecule has 0 spiro atoms. The van der Waals surface area contributed by atoms with Gasteiger partial charge in [-0.15, -0.1) is 0 Å². The second-order valence-corrected chi connectivity index (χ2v) is 8.98. The molecule has 5 rings (SSSR count). The van der Waals surface area contributed by atoms with Crippen molar-refractivity contribution in [2.45, 2.75) is 50.8 Å². The van der Waals surface area contributed by atoms with E-state index in [-0.39, 0.29) is 24.1 Å². The summed E-state index contributed by atoms with van der Waals surface area (Å²) in [5.41, 5.74) is 4.66. The minimum absolute atomic E-state index is 0.0697. The number of carbonyl (C=O) groups excluding carboxylic acids is 1. The number of hydrogen-bond acceptors (Lipinski definition) is 4. The highest BCUT2D eigenvalue weighted by Crippen LogP contribution is 2.41. The Bertz CT molecular complexity index is 1180. The van der Waals surface area contributed by atoms with Crippen LogP contribution in [0.25, 0.3) is 11.8 Å². The number of ether oxygens (including phenoxy) is 1. The van der Waals surface area contributed by atoms with Crippen LogP contribution in [0.2, 0.25) is 0 Å². The van der Waals surface area contributed by atoms with Gasteiger partial charge in [-0.1, -0.05) is 36.4 Å². The summed E-state index contributed by atoms with van der Waals surface area (Å²) in [4.78, 5) is 19.9. The first-order valence-corrected chi connectivity index (χ1v) is 11.5. The molecule has 0 unspecified atom stereocenters. The number of aromatic nitrogens is 2. The minimum Gasteiger partial charge on any atom is -0.495 e. The van der Waals surface area contributed by atoms with Gasteiger partial charge in [0.25, 0.3) is 5.91 Å². The molecule has 2 fully saturated rings. The summed E-state index contributed by atoms with van der Waals surface area (Å²) < 4.78 is 7.57. The number of aliphatic hydroxyl groups excluding tert-OH is 1. The van der Waals surface area contributed by atoms with Gasteiger partial charge in [-0.2, -0.15) is 0 Å². The second kappa shape index (κ2) is 8.87. The molecule has 2 aromatic carbocycles. The molecular weight excluding hydrogens is 414 g/mol. The highest BCUT2D eigenvalue weighted by atomic mass is 16.5. The Labute approximate surface area is 194 Å². The van der Waals surface area contributed by atoms with Crippen molar-refractivity contribution >= 4 is 12.0 Å². The van der Waals surface area contributed by atoms with Gasteiger partial charge in [0.2, 0.25) is 0 Å². The fourth-order valence-electron chi connectivity index (χ4n) is 5.17. The van der Waals surface area contributed by atoms with Crippen molar-refractivity contribution in [2.75, 3.05) is 7.11 Å². The van der Waals surface area contributed by atoms with E-state index >= 15 is 0 Å². The summed E-state index contributed by atoms with van der Waals surface area (Å²) in [7, 11) is 1.65. The Hall–Kier alpha value is -3.38. The zero-order chi connectivity index (χ0) is 22.9. The Morgan fingerprint density at radius 1 is 1.15 bits per heavy atom. The molecule has 2 saturated heterocycles. The number of fused-ring (bicyclic) bond motifs is 1. The molecule has 3 heterocycles. The lowest BCUT2D eigenvalue weighted by Gasteiger charge is -2.47. The topological polar surface area (TPSA) is 67.6 Å². The Morgan fingerprint density at radius 3 is 2.70 bits per heavy atom. The molecule has 0 radical (unpaired) electrons. The summed E-state index contributed by atoms with van der Waals surface area (Å²) in [5.74, 6) is 0.798. The van der Waals surface area contributed by atoms with E-state index in [2.05, 4.69) is 4.98 Å². The third kappa shape index (κ3) is 4.18. The molecule has 1 amide bonds. The largest absolute Gasteiger partial charge is 0.495 e. The second-order valence-electron chi connectivity index (χ2n) is 8.98. The third-order valence-corrected chi connectivity index (χ3v) is 6.74. The number of rotatable bonds is 4. The zero-order valence-electron chi connectivity index (χ0n) is 19.0. The number of piperidine rings is 2. The summed E-state index contributed by atoms with van der Waals surface area (Å²) >= 11 is 0. The predicted octanol–water partition coefficient (Wildman–Crippen LogP) is 4.46. The number of amides is 1. The molecule has 6 nitrogen and oxygen atoms in total. The smallest absolute Gasteiger partial charge is 0.250 e. The fourth-order valence-corrected chi connectivity index (χ4v) is 5.17. The quantitative estimate of drug-likeness (QED) is 0.605. The summed E-state index contributed by atoms with van der Waals surface area (Å²) in [5, 5.41) is 10.5. The van der Waals surface area contributed by atoms with Gasteiger partial charge in [0.15, 0.2) is 0 Å². The molecule has 0 saturated carbocycles. The number of benzene rings is 2. The first-order chi connectivity index (χ1) is 16.0. The SMILES string of the molecule is COc1cc(C=C2CC[C@H]3C[C@@H](O)C[C@@H](c4ccccc4)N3C2=O)ccc1-n1cnc(C)c1. The molecule has 170 valence electrons. The predicted molar refractivity (Wildman–Crippen MR) is 127 cm³/mol. The van der Waals surface area contributed by atoms with Gasteiger partial charge in [-0.05, 0) is 61.9 Å². The molecule has 1 aromatic heterocycles. The van der Waals surface area contributed by atoms with Crippen molar-refractivity contribution in [1.29, 1.82) is 0 Å². The van der Waals surface area contributed by atoms with Crippen molar-refractivity contribution in [3.05, 3.63) is 83.4 Å². The van der Waals surface area contributed by atoms with E-state index in [1.165, 1.54) is 0 Å². The van der Waals surface area contributed by atoms with Crippen molar-refractivity contribution in [3.63, 3.8) is 0 Å². The number of methoxy groups -OCH3 is 1. The Kier molecular flexibility index (Phi) is 5.77. The lowest BCUT2D eigenvalue weighted by Crippen LogP contribution is -2.52. The molecule has 33 heavy (non-hydrogen) atoms. The van der Waals surface area contributed by atoms with Gasteiger partial charge in [-0.25, -0.2) is 4.98 Å². The summed E-state index contributed by atoms with van der Waals surface area (Å²) in [6.45, 7) is 1.95. The maximum absolute atomic E-state index is 13.6. The Balaban J connectivity index is 1.45.